The van der Waals surface area contributed by atoms with Gasteiger partial charge in [0.1, 0.15) is 5.56 Å². The van der Waals surface area contributed by atoms with Crippen LogP contribution in [0.4, 0.5) is 5.69 Å². The number of hydrogen-bond acceptors (Lipinski definition) is 4. The Hall–Kier alpha value is -3.08. The molecule has 0 aliphatic rings. The van der Waals surface area contributed by atoms with E-state index in [1.807, 2.05) is 51.1 Å². The average molecular weight is 336 g/mol. The summed E-state index contributed by atoms with van der Waals surface area (Å²) in [6, 6.07) is 12.9. The van der Waals surface area contributed by atoms with E-state index in [1.54, 1.807) is 12.1 Å². The van der Waals surface area contributed by atoms with Crippen molar-refractivity contribution in [2.75, 3.05) is 11.9 Å². The highest BCUT2D eigenvalue weighted by Gasteiger charge is 2.14. The van der Waals surface area contributed by atoms with E-state index in [9.17, 15) is 4.79 Å². The molecule has 0 spiro atoms. The first kappa shape index (κ1) is 16.8. The highest BCUT2D eigenvalue weighted by Crippen LogP contribution is 2.25. The van der Waals surface area contributed by atoms with Crippen LogP contribution in [-0.4, -0.2) is 12.5 Å². The Balaban J connectivity index is 2.01. The van der Waals surface area contributed by atoms with E-state index in [0.29, 0.717) is 23.3 Å². The van der Waals surface area contributed by atoms with Gasteiger partial charge in [-0.05, 0) is 50.1 Å². The van der Waals surface area contributed by atoms with Gasteiger partial charge in [0, 0.05) is 11.1 Å². The molecule has 5 nitrogen and oxygen atoms in total. The Bertz CT molecular complexity index is 1010. The molecule has 25 heavy (non-hydrogen) atoms. The van der Waals surface area contributed by atoms with Crippen LogP contribution >= 0.6 is 0 Å². The summed E-state index contributed by atoms with van der Waals surface area (Å²) in [5.41, 5.74) is 3.20. The van der Waals surface area contributed by atoms with Crippen LogP contribution in [0.15, 0.2) is 46.9 Å². The number of amides is 1. The summed E-state index contributed by atoms with van der Waals surface area (Å²) in [5.74, 6) is 0.196. The fraction of sp³-hybridized carbons (Fsp3) is 0.200. The van der Waals surface area contributed by atoms with Crippen molar-refractivity contribution in [3.05, 3.63) is 64.7 Å². The number of ether oxygens (including phenoxy) is 1. The number of hydrogen-bond donors (Lipinski definition) is 2. The first-order valence-electron chi connectivity index (χ1n) is 8.12. The van der Waals surface area contributed by atoms with Crippen LogP contribution in [0.2, 0.25) is 0 Å². The number of aryl methyl sites for hydroxylation is 2. The third-order valence-corrected chi connectivity index (χ3v) is 3.94. The lowest BCUT2D eigenvalue weighted by Crippen LogP contribution is -2.21. The molecule has 5 heteroatoms. The zero-order valence-corrected chi connectivity index (χ0v) is 14.5. The zero-order chi connectivity index (χ0) is 18.0. The number of fused-ring (bicyclic) bond motifs is 1. The topological polar surface area (TPSA) is 75.3 Å². The molecule has 1 aromatic heterocycles. The molecule has 0 aliphatic carbocycles. The Labute approximate surface area is 145 Å². The van der Waals surface area contributed by atoms with E-state index in [0.717, 1.165) is 16.8 Å². The Morgan fingerprint density at radius 1 is 1.20 bits per heavy atom. The number of anilines is 1. The summed E-state index contributed by atoms with van der Waals surface area (Å²) < 4.78 is 11.1. The van der Waals surface area contributed by atoms with Crippen LogP contribution in [0.5, 0.6) is 5.75 Å². The van der Waals surface area contributed by atoms with Crippen molar-refractivity contribution >= 4 is 22.6 Å². The maximum absolute atomic E-state index is 12.6. The Kier molecular flexibility index (Phi) is 4.57. The van der Waals surface area contributed by atoms with Crippen molar-refractivity contribution in [1.82, 2.24) is 0 Å². The van der Waals surface area contributed by atoms with Gasteiger partial charge in [0.25, 0.3) is 5.91 Å². The fourth-order valence-electron chi connectivity index (χ4n) is 2.63. The third kappa shape index (κ3) is 3.40. The number of nitrogens with one attached hydrogen (secondary N) is 2. The van der Waals surface area contributed by atoms with Crippen LogP contribution in [0.1, 0.15) is 28.4 Å². The minimum Gasteiger partial charge on any atom is -0.490 e. The van der Waals surface area contributed by atoms with Gasteiger partial charge in [-0.3, -0.25) is 10.2 Å². The predicted molar refractivity (Wildman–Crippen MR) is 97.1 cm³/mol. The van der Waals surface area contributed by atoms with Gasteiger partial charge in [-0.25, -0.2) is 0 Å². The largest absolute Gasteiger partial charge is 0.490 e. The second-order valence-corrected chi connectivity index (χ2v) is 5.87. The number of benzene rings is 2. The molecule has 0 radical (unpaired) electrons. The molecule has 2 N–H and O–H groups in total. The fourth-order valence-corrected chi connectivity index (χ4v) is 2.63. The van der Waals surface area contributed by atoms with Gasteiger partial charge < -0.3 is 14.5 Å². The second-order valence-electron chi connectivity index (χ2n) is 5.87. The summed E-state index contributed by atoms with van der Waals surface area (Å²) in [7, 11) is 0. The molecular formula is C20H20N2O3. The van der Waals surface area contributed by atoms with E-state index >= 15 is 0 Å². The van der Waals surface area contributed by atoms with E-state index in [2.05, 4.69) is 5.32 Å². The molecule has 0 aliphatic heterocycles. The summed E-state index contributed by atoms with van der Waals surface area (Å²) in [4.78, 5) is 12.6. The molecule has 0 bridgehead atoms. The monoisotopic (exact) mass is 336 g/mol. The molecule has 3 aromatic rings. The molecule has 0 saturated carbocycles. The van der Waals surface area contributed by atoms with Crippen LogP contribution in [-0.2, 0) is 0 Å². The lowest BCUT2D eigenvalue weighted by molar-refractivity contribution is 0.102. The van der Waals surface area contributed by atoms with Gasteiger partial charge in [-0.15, -0.1) is 0 Å². The Morgan fingerprint density at radius 3 is 2.76 bits per heavy atom. The van der Waals surface area contributed by atoms with Gasteiger partial charge in [0.2, 0.25) is 5.55 Å². The van der Waals surface area contributed by atoms with Crippen LogP contribution < -0.4 is 15.6 Å². The minimum atomic E-state index is -0.369. The summed E-state index contributed by atoms with van der Waals surface area (Å²) >= 11 is 0. The molecule has 1 heterocycles. The first-order valence-corrected chi connectivity index (χ1v) is 8.12. The van der Waals surface area contributed by atoms with Crippen LogP contribution in [0, 0.1) is 19.3 Å². The summed E-state index contributed by atoms with van der Waals surface area (Å²) in [5, 5.41) is 11.7. The highest BCUT2D eigenvalue weighted by atomic mass is 16.5. The van der Waals surface area contributed by atoms with Crippen LogP contribution in [0.25, 0.3) is 11.0 Å². The smallest absolute Gasteiger partial charge is 0.261 e. The highest BCUT2D eigenvalue weighted by molar-refractivity contribution is 6.05. The molecule has 3 rings (SSSR count). The van der Waals surface area contributed by atoms with Crippen molar-refractivity contribution in [2.24, 2.45) is 0 Å². The van der Waals surface area contributed by atoms with Gasteiger partial charge >= 0.3 is 0 Å². The average Bonchev–Trinajstić information content (AvgIpc) is 2.58. The first-order chi connectivity index (χ1) is 12.0. The van der Waals surface area contributed by atoms with E-state index in [1.165, 1.54) is 0 Å². The van der Waals surface area contributed by atoms with Gasteiger partial charge in [0.15, 0.2) is 11.3 Å². The van der Waals surface area contributed by atoms with Gasteiger partial charge in [0.05, 0.1) is 6.61 Å². The van der Waals surface area contributed by atoms with Crippen molar-refractivity contribution in [3.63, 3.8) is 0 Å². The summed E-state index contributed by atoms with van der Waals surface area (Å²) in [6.07, 6.45) is 0. The number of carbonyl (C=O) groups excluding carboxylic acids is 1. The second kappa shape index (κ2) is 6.81. The van der Waals surface area contributed by atoms with Crippen molar-refractivity contribution in [1.29, 1.82) is 5.41 Å². The zero-order valence-electron chi connectivity index (χ0n) is 14.5. The van der Waals surface area contributed by atoms with Crippen molar-refractivity contribution < 1.29 is 13.9 Å². The quantitative estimate of drug-likeness (QED) is 0.750. The molecule has 1 amide bonds. The van der Waals surface area contributed by atoms with Crippen LogP contribution in [0.3, 0.4) is 0 Å². The molecule has 128 valence electrons. The maximum Gasteiger partial charge on any atom is 0.261 e. The van der Waals surface area contributed by atoms with E-state index < -0.39 is 0 Å². The standard InChI is InChI=1S/C20H20N2O3/c1-4-24-17-7-5-6-14-11-15(19(21)25-18(14)17)20(23)22-16-10-12(2)8-9-13(16)3/h5-11,21H,4H2,1-3H3,(H,22,23). The molecule has 0 atom stereocenters. The Morgan fingerprint density at radius 2 is 2.00 bits per heavy atom. The molecule has 0 unspecified atom stereocenters. The summed E-state index contributed by atoms with van der Waals surface area (Å²) in [6.45, 7) is 6.27. The normalized spacial score (nSPS) is 10.7. The SMILES string of the molecule is CCOc1cccc2cc(C(=O)Nc3cc(C)ccc3C)c(=N)oc12. The van der Waals surface area contributed by atoms with Gasteiger partial charge in [-0.1, -0.05) is 24.3 Å². The molecule has 0 fully saturated rings. The molecule has 2 aromatic carbocycles. The number of rotatable bonds is 4. The third-order valence-electron chi connectivity index (χ3n) is 3.94. The lowest BCUT2D eigenvalue weighted by atomic mass is 10.1. The lowest BCUT2D eigenvalue weighted by Gasteiger charge is -2.11. The number of para-hydroxylation sites is 1. The van der Waals surface area contributed by atoms with E-state index in [4.69, 9.17) is 14.6 Å². The maximum atomic E-state index is 12.6. The molecule has 0 saturated heterocycles. The minimum absolute atomic E-state index is 0.182. The van der Waals surface area contributed by atoms with E-state index in [-0.39, 0.29) is 17.0 Å². The van der Waals surface area contributed by atoms with Crippen molar-refractivity contribution in [2.45, 2.75) is 20.8 Å². The van der Waals surface area contributed by atoms with Gasteiger partial charge in [-0.2, -0.15) is 0 Å². The van der Waals surface area contributed by atoms with Crippen molar-refractivity contribution in [3.8, 4) is 5.75 Å². The predicted octanol–water partition coefficient (Wildman–Crippen LogP) is 4.18. The molecular weight excluding hydrogens is 316 g/mol. The number of carbonyl (C=O) groups is 1.